The normalized spacial score (nSPS) is 14.5. The molecule has 0 bridgehead atoms. The summed E-state index contributed by atoms with van der Waals surface area (Å²) in [5.41, 5.74) is 3.17. The van der Waals surface area contributed by atoms with Crippen molar-refractivity contribution in [2.75, 3.05) is 39.4 Å². The molecule has 2 N–H and O–H groups in total. The van der Waals surface area contributed by atoms with Crippen molar-refractivity contribution in [1.82, 2.24) is 15.5 Å². The van der Waals surface area contributed by atoms with Gasteiger partial charge in [-0.25, -0.2) is 0 Å². The van der Waals surface area contributed by atoms with Crippen LogP contribution in [0.2, 0.25) is 0 Å². The predicted molar refractivity (Wildman–Crippen MR) is 108 cm³/mol. The van der Waals surface area contributed by atoms with Gasteiger partial charge in [0.15, 0.2) is 0 Å². The van der Waals surface area contributed by atoms with E-state index in [1.54, 1.807) is 24.3 Å². The van der Waals surface area contributed by atoms with Crippen LogP contribution in [0.15, 0.2) is 48.5 Å². The third-order valence-electron chi connectivity index (χ3n) is 4.74. The summed E-state index contributed by atoms with van der Waals surface area (Å²) in [5.74, 6) is -0.355. The molecule has 6 heteroatoms. The first kappa shape index (κ1) is 20.0. The van der Waals surface area contributed by atoms with Gasteiger partial charge in [0.25, 0.3) is 11.8 Å². The molecule has 2 aromatic carbocycles. The predicted octanol–water partition coefficient (Wildman–Crippen LogP) is 1.99. The Labute approximate surface area is 165 Å². The Bertz CT molecular complexity index is 816. The minimum absolute atomic E-state index is 0.165. The number of hydrogen-bond donors (Lipinski definition) is 2. The van der Waals surface area contributed by atoms with Crippen molar-refractivity contribution in [3.8, 4) is 0 Å². The number of nitrogens with one attached hydrogen (secondary N) is 2. The number of amides is 2. The van der Waals surface area contributed by atoms with Crippen molar-refractivity contribution in [2.45, 2.75) is 13.5 Å². The van der Waals surface area contributed by atoms with Crippen molar-refractivity contribution in [2.24, 2.45) is 0 Å². The molecule has 6 nitrogen and oxygen atoms in total. The summed E-state index contributed by atoms with van der Waals surface area (Å²) in [4.78, 5) is 27.1. The fourth-order valence-corrected chi connectivity index (χ4v) is 3.16. The van der Waals surface area contributed by atoms with Crippen LogP contribution in [0.5, 0.6) is 0 Å². The SMILES string of the molecule is Cc1cccc(CNC(=O)c2cccc(C(=O)NCCN3CCOCC3)c2)c1. The smallest absolute Gasteiger partial charge is 0.251 e. The van der Waals surface area contributed by atoms with E-state index in [9.17, 15) is 9.59 Å². The van der Waals surface area contributed by atoms with E-state index in [2.05, 4.69) is 15.5 Å². The number of nitrogens with zero attached hydrogens (tertiary/aromatic N) is 1. The average Bonchev–Trinajstić information content (AvgIpc) is 2.73. The maximum Gasteiger partial charge on any atom is 0.251 e. The van der Waals surface area contributed by atoms with Crippen LogP contribution in [0.1, 0.15) is 31.8 Å². The summed E-state index contributed by atoms with van der Waals surface area (Å²) in [6.45, 7) is 7.12. The van der Waals surface area contributed by atoms with Crippen molar-refractivity contribution in [1.29, 1.82) is 0 Å². The number of carbonyl (C=O) groups is 2. The number of benzene rings is 2. The molecule has 0 aliphatic carbocycles. The van der Waals surface area contributed by atoms with Crippen LogP contribution in [0.4, 0.5) is 0 Å². The molecule has 1 saturated heterocycles. The van der Waals surface area contributed by atoms with Gasteiger partial charge in [-0.15, -0.1) is 0 Å². The van der Waals surface area contributed by atoms with E-state index in [0.29, 0.717) is 24.2 Å². The van der Waals surface area contributed by atoms with Gasteiger partial charge in [0.2, 0.25) is 0 Å². The average molecular weight is 381 g/mol. The first-order valence-electron chi connectivity index (χ1n) is 9.64. The summed E-state index contributed by atoms with van der Waals surface area (Å²) >= 11 is 0. The molecule has 1 fully saturated rings. The zero-order valence-electron chi connectivity index (χ0n) is 16.2. The van der Waals surface area contributed by atoms with E-state index >= 15 is 0 Å². The fraction of sp³-hybridized carbons (Fsp3) is 0.364. The lowest BCUT2D eigenvalue weighted by atomic mass is 10.1. The highest BCUT2D eigenvalue weighted by Gasteiger charge is 2.12. The van der Waals surface area contributed by atoms with Gasteiger partial charge in [-0.3, -0.25) is 14.5 Å². The van der Waals surface area contributed by atoms with E-state index in [1.165, 1.54) is 0 Å². The first-order valence-corrected chi connectivity index (χ1v) is 9.64. The summed E-state index contributed by atoms with van der Waals surface area (Å²) in [6, 6.07) is 14.8. The van der Waals surface area contributed by atoms with E-state index < -0.39 is 0 Å². The molecule has 1 aliphatic heterocycles. The van der Waals surface area contributed by atoms with E-state index in [1.807, 2.05) is 31.2 Å². The topological polar surface area (TPSA) is 70.7 Å². The molecular formula is C22H27N3O3. The molecule has 0 atom stereocenters. The Kier molecular flexibility index (Phi) is 7.17. The van der Waals surface area contributed by atoms with Crippen LogP contribution in [-0.2, 0) is 11.3 Å². The summed E-state index contributed by atoms with van der Waals surface area (Å²) in [6.07, 6.45) is 0. The molecule has 28 heavy (non-hydrogen) atoms. The first-order chi connectivity index (χ1) is 13.6. The number of rotatable bonds is 7. The third kappa shape index (κ3) is 5.90. The molecule has 2 aromatic rings. The van der Waals surface area contributed by atoms with Crippen LogP contribution in [0, 0.1) is 6.92 Å². The molecule has 0 unspecified atom stereocenters. The van der Waals surface area contributed by atoms with Crippen LogP contribution < -0.4 is 10.6 Å². The zero-order chi connectivity index (χ0) is 19.8. The van der Waals surface area contributed by atoms with Gasteiger partial charge in [0, 0.05) is 43.9 Å². The number of carbonyl (C=O) groups excluding carboxylic acids is 2. The largest absolute Gasteiger partial charge is 0.379 e. The fourth-order valence-electron chi connectivity index (χ4n) is 3.16. The molecular weight excluding hydrogens is 354 g/mol. The summed E-state index contributed by atoms with van der Waals surface area (Å²) in [7, 11) is 0. The van der Waals surface area contributed by atoms with E-state index in [-0.39, 0.29) is 11.8 Å². The molecule has 1 aliphatic rings. The van der Waals surface area contributed by atoms with Crippen molar-refractivity contribution < 1.29 is 14.3 Å². The van der Waals surface area contributed by atoms with Gasteiger partial charge in [0.1, 0.15) is 0 Å². The Morgan fingerprint density at radius 1 is 0.964 bits per heavy atom. The maximum absolute atomic E-state index is 12.4. The van der Waals surface area contributed by atoms with Gasteiger partial charge < -0.3 is 15.4 Å². The summed E-state index contributed by atoms with van der Waals surface area (Å²) in [5, 5.41) is 5.83. The molecule has 0 saturated carbocycles. The van der Waals surface area contributed by atoms with Crippen LogP contribution in [0.3, 0.4) is 0 Å². The molecule has 0 aromatic heterocycles. The van der Waals surface area contributed by atoms with E-state index in [4.69, 9.17) is 4.74 Å². The maximum atomic E-state index is 12.4. The standard InChI is InChI=1S/C22H27N3O3/c1-17-4-2-5-18(14-17)16-24-22(27)20-7-3-6-19(15-20)21(26)23-8-9-25-10-12-28-13-11-25/h2-7,14-15H,8-13,16H2,1H3,(H,23,26)(H,24,27). The van der Waals surface area contributed by atoms with Crippen molar-refractivity contribution >= 4 is 11.8 Å². The van der Waals surface area contributed by atoms with Gasteiger partial charge in [0.05, 0.1) is 13.2 Å². The highest BCUT2D eigenvalue weighted by molar-refractivity contribution is 5.99. The Morgan fingerprint density at radius 3 is 2.36 bits per heavy atom. The minimum Gasteiger partial charge on any atom is -0.379 e. The highest BCUT2D eigenvalue weighted by Crippen LogP contribution is 2.07. The zero-order valence-corrected chi connectivity index (χ0v) is 16.2. The Morgan fingerprint density at radius 2 is 1.64 bits per heavy atom. The lowest BCUT2D eigenvalue weighted by Crippen LogP contribution is -2.41. The third-order valence-corrected chi connectivity index (χ3v) is 4.74. The van der Waals surface area contributed by atoms with Crippen LogP contribution >= 0.6 is 0 Å². The van der Waals surface area contributed by atoms with Crippen LogP contribution in [0.25, 0.3) is 0 Å². The van der Waals surface area contributed by atoms with Gasteiger partial charge in [-0.1, -0.05) is 35.9 Å². The number of morpholine rings is 1. The second-order valence-corrected chi connectivity index (χ2v) is 6.96. The number of ether oxygens (including phenoxy) is 1. The Balaban J connectivity index is 1.50. The molecule has 2 amide bonds. The van der Waals surface area contributed by atoms with Gasteiger partial charge in [-0.2, -0.15) is 0 Å². The lowest BCUT2D eigenvalue weighted by Gasteiger charge is -2.26. The molecule has 1 heterocycles. The van der Waals surface area contributed by atoms with E-state index in [0.717, 1.165) is 44.0 Å². The highest BCUT2D eigenvalue weighted by atomic mass is 16.5. The number of aryl methyl sites for hydroxylation is 1. The van der Waals surface area contributed by atoms with Crippen molar-refractivity contribution in [3.05, 3.63) is 70.8 Å². The quantitative estimate of drug-likeness (QED) is 0.770. The molecule has 148 valence electrons. The van der Waals surface area contributed by atoms with Crippen molar-refractivity contribution in [3.63, 3.8) is 0 Å². The number of hydrogen-bond acceptors (Lipinski definition) is 4. The second-order valence-electron chi connectivity index (χ2n) is 6.96. The van der Waals surface area contributed by atoms with Gasteiger partial charge >= 0.3 is 0 Å². The second kappa shape index (κ2) is 10.0. The lowest BCUT2D eigenvalue weighted by molar-refractivity contribution is 0.0383. The monoisotopic (exact) mass is 381 g/mol. The molecule has 3 rings (SSSR count). The summed E-state index contributed by atoms with van der Waals surface area (Å²) < 4.78 is 5.32. The minimum atomic E-state index is -0.190. The molecule has 0 radical (unpaired) electrons. The Hall–Kier alpha value is -2.70. The molecule has 0 spiro atoms. The van der Waals surface area contributed by atoms with Gasteiger partial charge in [-0.05, 0) is 30.7 Å². The van der Waals surface area contributed by atoms with Crippen LogP contribution in [-0.4, -0.2) is 56.1 Å².